The predicted octanol–water partition coefficient (Wildman–Crippen LogP) is 0.193. The number of amides is 1. The molecule has 1 saturated heterocycles. The number of nitrogens with zero attached hydrogens (tertiary/aromatic N) is 2. The zero-order valence-electron chi connectivity index (χ0n) is 8.49. The molecule has 0 aromatic heterocycles. The first-order valence-electron chi connectivity index (χ1n) is 4.93. The summed E-state index contributed by atoms with van der Waals surface area (Å²) in [7, 11) is 0. The molecular weight excluding hydrogens is 166 g/mol. The van der Waals surface area contributed by atoms with Gasteiger partial charge in [0.25, 0.3) is 0 Å². The quantitative estimate of drug-likeness (QED) is 0.683. The lowest BCUT2D eigenvalue weighted by Crippen LogP contribution is -2.54. The molecule has 0 atom stereocenters. The highest BCUT2D eigenvalue weighted by Crippen LogP contribution is 2.14. The van der Waals surface area contributed by atoms with Crippen molar-refractivity contribution in [2.75, 3.05) is 19.6 Å². The van der Waals surface area contributed by atoms with Crippen LogP contribution in [0.1, 0.15) is 26.7 Å². The second-order valence-electron chi connectivity index (χ2n) is 3.67. The fourth-order valence-corrected chi connectivity index (χ4v) is 1.70. The van der Waals surface area contributed by atoms with Crippen LogP contribution in [0.15, 0.2) is 0 Å². The molecule has 1 heterocycles. The summed E-state index contributed by atoms with van der Waals surface area (Å²) in [6.07, 6.45) is 1.64. The molecule has 0 spiro atoms. The zero-order chi connectivity index (χ0) is 9.84. The summed E-state index contributed by atoms with van der Waals surface area (Å²) in [5.74, 6) is 0.213. The van der Waals surface area contributed by atoms with E-state index < -0.39 is 0 Å². The number of carbonyl (C=O) groups excluding carboxylic acids is 1. The van der Waals surface area contributed by atoms with E-state index in [1.165, 1.54) is 0 Å². The average molecular weight is 185 g/mol. The molecule has 0 unspecified atom stereocenters. The van der Waals surface area contributed by atoms with Gasteiger partial charge in [-0.1, -0.05) is 0 Å². The Kier molecular flexibility index (Phi) is 3.69. The maximum atomic E-state index is 11.5. The van der Waals surface area contributed by atoms with Crippen LogP contribution in [0.4, 0.5) is 0 Å². The van der Waals surface area contributed by atoms with Gasteiger partial charge < -0.3 is 5.73 Å². The minimum Gasteiger partial charge on any atom is -0.329 e. The van der Waals surface area contributed by atoms with Crippen LogP contribution < -0.4 is 5.73 Å². The molecule has 1 fully saturated rings. The van der Waals surface area contributed by atoms with E-state index in [0.29, 0.717) is 25.6 Å². The highest BCUT2D eigenvalue weighted by atomic mass is 16.2. The number of nitrogens with two attached hydrogens (primary N) is 1. The van der Waals surface area contributed by atoms with Crippen LogP contribution in [0.2, 0.25) is 0 Å². The minimum atomic E-state index is 0.213. The van der Waals surface area contributed by atoms with Crippen molar-refractivity contribution in [3.05, 3.63) is 0 Å². The number of carbonyl (C=O) groups is 1. The second kappa shape index (κ2) is 4.58. The summed E-state index contributed by atoms with van der Waals surface area (Å²) in [5, 5.41) is 3.91. The lowest BCUT2D eigenvalue weighted by Gasteiger charge is -2.40. The average Bonchev–Trinajstić information content (AvgIpc) is 2.08. The highest BCUT2D eigenvalue weighted by molar-refractivity contribution is 5.76. The maximum absolute atomic E-state index is 11.5. The van der Waals surface area contributed by atoms with Crippen molar-refractivity contribution in [3.8, 4) is 0 Å². The van der Waals surface area contributed by atoms with Crippen molar-refractivity contribution in [1.82, 2.24) is 10.0 Å². The fourth-order valence-electron chi connectivity index (χ4n) is 1.70. The molecule has 1 aliphatic heterocycles. The van der Waals surface area contributed by atoms with E-state index in [1.54, 1.807) is 5.01 Å². The van der Waals surface area contributed by atoms with Crippen LogP contribution in [0.5, 0.6) is 0 Å². The van der Waals surface area contributed by atoms with Gasteiger partial charge in [0.05, 0.1) is 0 Å². The van der Waals surface area contributed by atoms with Gasteiger partial charge in [0, 0.05) is 32.1 Å². The SMILES string of the molecule is CC(C)N1CCCC(=O)N1CCN. The Labute approximate surface area is 79.6 Å². The van der Waals surface area contributed by atoms with Gasteiger partial charge in [-0.25, -0.2) is 5.01 Å². The molecule has 0 aliphatic carbocycles. The fraction of sp³-hybridized carbons (Fsp3) is 0.889. The van der Waals surface area contributed by atoms with E-state index >= 15 is 0 Å². The van der Waals surface area contributed by atoms with Crippen molar-refractivity contribution in [1.29, 1.82) is 0 Å². The Morgan fingerprint density at radius 3 is 2.77 bits per heavy atom. The molecule has 1 amide bonds. The largest absolute Gasteiger partial charge is 0.329 e. The summed E-state index contributed by atoms with van der Waals surface area (Å²) < 4.78 is 0. The van der Waals surface area contributed by atoms with Gasteiger partial charge in [-0.2, -0.15) is 0 Å². The van der Waals surface area contributed by atoms with Gasteiger partial charge in [0.15, 0.2) is 0 Å². The molecule has 0 aromatic rings. The highest BCUT2D eigenvalue weighted by Gasteiger charge is 2.26. The summed E-state index contributed by atoms with van der Waals surface area (Å²) in [6, 6.07) is 0.385. The van der Waals surface area contributed by atoms with Crippen LogP contribution in [0, 0.1) is 0 Å². The molecule has 76 valence electrons. The first kappa shape index (κ1) is 10.5. The second-order valence-corrected chi connectivity index (χ2v) is 3.67. The minimum absolute atomic E-state index is 0.213. The molecule has 0 bridgehead atoms. The smallest absolute Gasteiger partial charge is 0.236 e. The van der Waals surface area contributed by atoms with Crippen molar-refractivity contribution in [3.63, 3.8) is 0 Å². The van der Waals surface area contributed by atoms with E-state index in [2.05, 4.69) is 18.9 Å². The molecule has 1 rings (SSSR count). The van der Waals surface area contributed by atoms with Crippen LogP contribution in [0.25, 0.3) is 0 Å². The third-order valence-electron chi connectivity index (χ3n) is 2.31. The lowest BCUT2D eigenvalue weighted by molar-refractivity contribution is -0.159. The van der Waals surface area contributed by atoms with Crippen LogP contribution in [-0.4, -0.2) is 41.6 Å². The Bertz CT molecular complexity index is 182. The molecule has 4 nitrogen and oxygen atoms in total. The molecule has 0 saturated carbocycles. The first-order chi connectivity index (χ1) is 6.16. The predicted molar refractivity (Wildman–Crippen MR) is 51.8 cm³/mol. The zero-order valence-corrected chi connectivity index (χ0v) is 8.49. The third kappa shape index (κ3) is 2.42. The maximum Gasteiger partial charge on any atom is 0.236 e. The summed E-state index contributed by atoms with van der Waals surface area (Å²) >= 11 is 0. The van der Waals surface area contributed by atoms with Gasteiger partial charge >= 0.3 is 0 Å². The van der Waals surface area contributed by atoms with Crippen molar-refractivity contribution >= 4 is 5.91 Å². The van der Waals surface area contributed by atoms with E-state index in [1.807, 2.05) is 0 Å². The van der Waals surface area contributed by atoms with Crippen molar-refractivity contribution in [2.45, 2.75) is 32.7 Å². The van der Waals surface area contributed by atoms with E-state index in [9.17, 15) is 4.79 Å². The Balaban J connectivity index is 2.62. The van der Waals surface area contributed by atoms with Gasteiger partial charge in [-0.15, -0.1) is 0 Å². The van der Waals surface area contributed by atoms with Crippen molar-refractivity contribution < 1.29 is 4.79 Å². The van der Waals surface area contributed by atoms with Crippen LogP contribution in [0.3, 0.4) is 0 Å². The van der Waals surface area contributed by atoms with E-state index in [4.69, 9.17) is 5.73 Å². The standard InChI is InChI=1S/C9H19N3O/c1-8(2)11-6-3-4-9(13)12(11)7-5-10/h8H,3-7,10H2,1-2H3. The molecule has 2 N–H and O–H groups in total. The monoisotopic (exact) mass is 185 g/mol. The summed E-state index contributed by atoms with van der Waals surface area (Å²) in [5.41, 5.74) is 5.46. The Morgan fingerprint density at radius 2 is 2.23 bits per heavy atom. The Morgan fingerprint density at radius 1 is 1.54 bits per heavy atom. The van der Waals surface area contributed by atoms with Gasteiger partial charge in [0.2, 0.25) is 5.91 Å². The lowest BCUT2D eigenvalue weighted by atomic mass is 10.2. The van der Waals surface area contributed by atoms with Gasteiger partial charge in [0.1, 0.15) is 0 Å². The normalized spacial score (nSPS) is 20.0. The summed E-state index contributed by atoms with van der Waals surface area (Å²) in [6.45, 7) is 6.36. The molecule has 0 aromatic carbocycles. The van der Waals surface area contributed by atoms with Crippen LogP contribution in [-0.2, 0) is 4.79 Å². The van der Waals surface area contributed by atoms with Crippen molar-refractivity contribution in [2.24, 2.45) is 5.73 Å². The number of hydrogen-bond donors (Lipinski definition) is 1. The summed E-state index contributed by atoms with van der Waals surface area (Å²) in [4.78, 5) is 11.5. The number of hydrogen-bond acceptors (Lipinski definition) is 3. The van der Waals surface area contributed by atoms with Crippen LogP contribution >= 0.6 is 0 Å². The molecular formula is C9H19N3O. The molecule has 0 radical (unpaired) electrons. The molecule has 4 heteroatoms. The number of rotatable bonds is 3. The molecule has 13 heavy (non-hydrogen) atoms. The van der Waals surface area contributed by atoms with Gasteiger partial charge in [-0.05, 0) is 20.3 Å². The first-order valence-corrected chi connectivity index (χ1v) is 4.93. The van der Waals surface area contributed by atoms with E-state index in [0.717, 1.165) is 13.0 Å². The van der Waals surface area contributed by atoms with E-state index in [-0.39, 0.29) is 5.91 Å². The topological polar surface area (TPSA) is 49.6 Å². The number of hydrazine groups is 1. The van der Waals surface area contributed by atoms with Gasteiger partial charge in [-0.3, -0.25) is 9.80 Å². The molecule has 1 aliphatic rings. The Hall–Kier alpha value is -0.610. The third-order valence-corrected chi connectivity index (χ3v) is 2.31.